The standard InChI is InChI=1S/C30H20Cl2N4O6/c31-23-11-4-19(5-12-23)6-17-27(37)42-28-22(2-1-3-26(28)36(40)41)18-33-35-30(39)21-9-15-25(16-10-21)34-29(38)20-7-13-24(32)14-8-20/h1-18H,(H,34,38)(H,35,39)/b17-6+,33-18+. The van der Waals surface area contributed by atoms with Gasteiger partial charge in [-0.15, -0.1) is 0 Å². The van der Waals surface area contributed by atoms with Crippen LogP contribution in [-0.4, -0.2) is 28.9 Å². The van der Waals surface area contributed by atoms with Crippen LogP contribution in [0, 0.1) is 10.1 Å². The predicted octanol–water partition coefficient (Wildman–Crippen LogP) is 6.54. The second-order valence-electron chi connectivity index (χ2n) is 8.50. The van der Waals surface area contributed by atoms with Crippen LogP contribution in [0.4, 0.5) is 11.4 Å². The Morgan fingerprint density at radius 2 is 1.40 bits per heavy atom. The summed E-state index contributed by atoms with van der Waals surface area (Å²) in [5, 5.41) is 19.2. The Labute approximate surface area is 249 Å². The number of ether oxygens (including phenoxy) is 1. The number of nitrogens with one attached hydrogen (secondary N) is 2. The van der Waals surface area contributed by atoms with Crippen molar-refractivity contribution < 1.29 is 24.0 Å². The number of nitrogens with zero attached hydrogens (tertiary/aromatic N) is 2. The quantitative estimate of drug-likeness (QED) is 0.0556. The Bertz CT molecular complexity index is 1690. The zero-order valence-electron chi connectivity index (χ0n) is 21.5. The fourth-order valence-corrected chi connectivity index (χ4v) is 3.76. The van der Waals surface area contributed by atoms with Crippen LogP contribution < -0.4 is 15.5 Å². The van der Waals surface area contributed by atoms with E-state index in [1.54, 1.807) is 60.7 Å². The topological polar surface area (TPSA) is 140 Å². The van der Waals surface area contributed by atoms with E-state index >= 15 is 0 Å². The van der Waals surface area contributed by atoms with E-state index in [0.717, 1.165) is 12.3 Å². The number of hydrazone groups is 1. The van der Waals surface area contributed by atoms with Gasteiger partial charge in [0.25, 0.3) is 11.8 Å². The summed E-state index contributed by atoms with van der Waals surface area (Å²) in [4.78, 5) is 48.2. The molecule has 0 unspecified atom stereocenters. The second kappa shape index (κ2) is 13.8. The largest absolute Gasteiger partial charge is 0.415 e. The van der Waals surface area contributed by atoms with Crippen LogP contribution in [0.3, 0.4) is 0 Å². The molecule has 4 rings (SSSR count). The van der Waals surface area contributed by atoms with Gasteiger partial charge in [-0.1, -0.05) is 41.4 Å². The van der Waals surface area contributed by atoms with Crippen LogP contribution in [-0.2, 0) is 4.79 Å². The monoisotopic (exact) mass is 602 g/mol. The molecule has 0 fully saturated rings. The number of hydrogen-bond acceptors (Lipinski definition) is 7. The molecule has 10 nitrogen and oxygen atoms in total. The number of para-hydroxylation sites is 1. The first kappa shape index (κ1) is 29.7. The molecule has 2 N–H and O–H groups in total. The molecule has 42 heavy (non-hydrogen) atoms. The average Bonchev–Trinajstić information content (AvgIpc) is 2.98. The molecule has 0 aliphatic carbocycles. The van der Waals surface area contributed by atoms with Gasteiger partial charge in [0.15, 0.2) is 0 Å². The first-order chi connectivity index (χ1) is 20.2. The number of halogens is 2. The number of benzene rings is 4. The highest BCUT2D eigenvalue weighted by atomic mass is 35.5. The Hall–Kier alpha value is -5.32. The maximum absolute atomic E-state index is 12.6. The van der Waals surface area contributed by atoms with Crippen molar-refractivity contribution in [2.45, 2.75) is 0 Å². The Morgan fingerprint density at radius 1 is 0.810 bits per heavy atom. The average molecular weight is 603 g/mol. The highest BCUT2D eigenvalue weighted by Crippen LogP contribution is 2.30. The number of amides is 2. The van der Waals surface area contributed by atoms with Crippen LogP contribution >= 0.6 is 23.2 Å². The van der Waals surface area contributed by atoms with Gasteiger partial charge in [0.05, 0.1) is 11.1 Å². The molecule has 0 spiro atoms. The first-order valence-electron chi connectivity index (χ1n) is 12.1. The lowest BCUT2D eigenvalue weighted by molar-refractivity contribution is -0.385. The van der Waals surface area contributed by atoms with Gasteiger partial charge in [-0.2, -0.15) is 5.10 Å². The molecule has 0 aromatic heterocycles. The second-order valence-corrected chi connectivity index (χ2v) is 9.37. The molecule has 0 aliphatic rings. The number of anilines is 1. The maximum atomic E-state index is 12.6. The van der Waals surface area contributed by atoms with Crippen molar-refractivity contribution in [3.05, 3.63) is 139 Å². The highest BCUT2D eigenvalue weighted by Gasteiger charge is 2.20. The molecule has 0 heterocycles. The molecule has 4 aromatic rings. The minimum Gasteiger partial charge on any atom is -0.415 e. The summed E-state index contributed by atoms with van der Waals surface area (Å²) in [6.07, 6.45) is 3.71. The minimum absolute atomic E-state index is 0.0815. The summed E-state index contributed by atoms with van der Waals surface area (Å²) < 4.78 is 5.27. The van der Waals surface area contributed by atoms with Crippen molar-refractivity contribution in [3.8, 4) is 5.75 Å². The molecule has 0 bridgehead atoms. The van der Waals surface area contributed by atoms with Gasteiger partial charge in [-0.25, -0.2) is 10.2 Å². The van der Waals surface area contributed by atoms with E-state index < -0.39 is 22.5 Å². The molecule has 0 atom stereocenters. The summed E-state index contributed by atoms with van der Waals surface area (Å²) in [6.45, 7) is 0. The van der Waals surface area contributed by atoms with Crippen LogP contribution in [0.1, 0.15) is 31.8 Å². The van der Waals surface area contributed by atoms with Crippen molar-refractivity contribution in [1.82, 2.24) is 5.43 Å². The van der Waals surface area contributed by atoms with Crippen molar-refractivity contribution >= 4 is 64.7 Å². The van der Waals surface area contributed by atoms with Crippen LogP contribution in [0.25, 0.3) is 6.08 Å². The third kappa shape index (κ3) is 8.10. The lowest BCUT2D eigenvalue weighted by atomic mass is 10.1. The predicted molar refractivity (Wildman–Crippen MR) is 160 cm³/mol. The van der Waals surface area contributed by atoms with Crippen LogP contribution in [0.5, 0.6) is 5.75 Å². The van der Waals surface area contributed by atoms with Gasteiger partial charge in [0.1, 0.15) is 0 Å². The number of carbonyl (C=O) groups excluding carboxylic acids is 3. The molecule has 210 valence electrons. The summed E-state index contributed by atoms with van der Waals surface area (Å²) in [5.41, 5.74) is 3.71. The molecule has 2 amide bonds. The molecule has 4 aromatic carbocycles. The number of carbonyl (C=O) groups is 3. The van der Waals surface area contributed by atoms with Gasteiger partial charge in [0.2, 0.25) is 5.75 Å². The van der Waals surface area contributed by atoms with E-state index in [4.69, 9.17) is 27.9 Å². The van der Waals surface area contributed by atoms with Gasteiger partial charge in [-0.3, -0.25) is 19.7 Å². The van der Waals surface area contributed by atoms with Gasteiger partial charge < -0.3 is 10.1 Å². The Morgan fingerprint density at radius 3 is 2.05 bits per heavy atom. The number of nitro benzene ring substituents is 1. The molecule has 12 heteroatoms. The molecular weight excluding hydrogens is 583 g/mol. The SMILES string of the molecule is O=C(/C=C/c1ccc(Cl)cc1)Oc1c(/C=N/NC(=O)c2ccc(NC(=O)c3ccc(Cl)cc3)cc2)cccc1[N+](=O)[O-]. The summed E-state index contributed by atoms with van der Waals surface area (Å²) in [5.74, 6) is -2.13. The lowest BCUT2D eigenvalue weighted by Crippen LogP contribution is -2.18. The fraction of sp³-hybridized carbons (Fsp3) is 0. The number of esters is 1. The molecule has 0 saturated heterocycles. The molecule has 0 radical (unpaired) electrons. The Balaban J connectivity index is 1.41. The minimum atomic E-state index is -0.860. The fourth-order valence-electron chi connectivity index (χ4n) is 3.51. The van der Waals surface area contributed by atoms with Crippen molar-refractivity contribution in [3.63, 3.8) is 0 Å². The smallest absolute Gasteiger partial charge is 0.336 e. The first-order valence-corrected chi connectivity index (χ1v) is 12.9. The zero-order chi connectivity index (χ0) is 30.1. The Kier molecular flexibility index (Phi) is 9.77. The van der Waals surface area contributed by atoms with Crippen molar-refractivity contribution in [2.24, 2.45) is 5.10 Å². The number of hydrogen-bond donors (Lipinski definition) is 2. The molecular formula is C30H20Cl2N4O6. The summed E-state index contributed by atoms with van der Waals surface area (Å²) >= 11 is 11.7. The van der Waals surface area contributed by atoms with E-state index in [1.165, 1.54) is 36.4 Å². The highest BCUT2D eigenvalue weighted by molar-refractivity contribution is 6.31. The van der Waals surface area contributed by atoms with E-state index in [1.807, 2.05) is 0 Å². The van der Waals surface area contributed by atoms with Gasteiger partial charge in [-0.05, 0) is 78.4 Å². The summed E-state index contributed by atoms with van der Waals surface area (Å²) in [6, 6.07) is 23.1. The van der Waals surface area contributed by atoms with Crippen LogP contribution in [0.2, 0.25) is 10.0 Å². The third-order valence-corrected chi connectivity index (χ3v) is 6.09. The van der Waals surface area contributed by atoms with Crippen LogP contribution in [0.15, 0.2) is 102 Å². The van der Waals surface area contributed by atoms with Gasteiger partial charge >= 0.3 is 11.7 Å². The van der Waals surface area contributed by atoms with E-state index in [9.17, 15) is 24.5 Å². The van der Waals surface area contributed by atoms with Crippen molar-refractivity contribution in [1.29, 1.82) is 0 Å². The normalized spacial score (nSPS) is 10.9. The van der Waals surface area contributed by atoms with E-state index in [-0.39, 0.29) is 22.8 Å². The van der Waals surface area contributed by atoms with Gasteiger partial charge in [0, 0.05) is 44.6 Å². The number of rotatable bonds is 9. The number of nitro groups is 1. The third-order valence-electron chi connectivity index (χ3n) is 5.59. The van der Waals surface area contributed by atoms with E-state index in [0.29, 0.717) is 26.9 Å². The van der Waals surface area contributed by atoms with E-state index in [2.05, 4.69) is 15.8 Å². The lowest BCUT2D eigenvalue weighted by Gasteiger charge is -2.07. The van der Waals surface area contributed by atoms with Crippen molar-refractivity contribution in [2.75, 3.05) is 5.32 Å². The maximum Gasteiger partial charge on any atom is 0.336 e. The zero-order valence-corrected chi connectivity index (χ0v) is 23.0. The molecule has 0 saturated carbocycles. The summed E-state index contributed by atoms with van der Waals surface area (Å²) in [7, 11) is 0. The molecule has 0 aliphatic heterocycles.